The highest BCUT2D eigenvalue weighted by Gasteiger charge is 2.14. The molecule has 0 amide bonds. The second-order valence-electron chi connectivity index (χ2n) is 5.02. The Hall–Kier alpha value is -2.26. The maximum absolute atomic E-state index is 5.27. The summed E-state index contributed by atoms with van der Waals surface area (Å²) in [5, 5.41) is 5.89. The first-order valence-electron chi connectivity index (χ1n) is 7.15. The van der Waals surface area contributed by atoms with Gasteiger partial charge in [-0.1, -0.05) is 25.1 Å². The summed E-state index contributed by atoms with van der Waals surface area (Å²) in [4.78, 5) is 0. The summed E-state index contributed by atoms with van der Waals surface area (Å²) in [6, 6.07) is 14.8. The van der Waals surface area contributed by atoms with E-state index in [9.17, 15) is 0 Å². The van der Waals surface area contributed by atoms with E-state index in [1.165, 1.54) is 16.3 Å². The van der Waals surface area contributed by atoms with Crippen LogP contribution in [0, 0.1) is 0 Å². The fourth-order valence-corrected chi connectivity index (χ4v) is 2.62. The minimum atomic E-state index is 0.153. The molecule has 0 aliphatic carbocycles. The van der Waals surface area contributed by atoms with Crippen molar-refractivity contribution >= 4 is 10.8 Å². The second-order valence-corrected chi connectivity index (χ2v) is 5.02. The van der Waals surface area contributed by atoms with E-state index in [0.717, 1.165) is 17.9 Å². The molecule has 21 heavy (non-hydrogen) atoms. The Morgan fingerprint density at radius 2 is 1.86 bits per heavy atom. The van der Waals surface area contributed by atoms with E-state index in [0.29, 0.717) is 0 Å². The average Bonchev–Trinajstić information content (AvgIpc) is 3.05. The Balaban J connectivity index is 2.02. The van der Waals surface area contributed by atoms with E-state index in [1.54, 1.807) is 19.6 Å². The number of fused-ring (bicyclic) bond motifs is 1. The zero-order chi connectivity index (χ0) is 14.7. The van der Waals surface area contributed by atoms with Gasteiger partial charge < -0.3 is 14.5 Å². The smallest absolute Gasteiger partial charge is 0.119 e. The van der Waals surface area contributed by atoms with E-state index >= 15 is 0 Å². The molecule has 0 saturated heterocycles. The van der Waals surface area contributed by atoms with Gasteiger partial charge in [0.05, 0.1) is 25.7 Å². The molecule has 2 aromatic carbocycles. The summed E-state index contributed by atoms with van der Waals surface area (Å²) in [5.41, 5.74) is 2.38. The van der Waals surface area contributed by atoms with Crippen LogP contribution in [-0.4, -0.2) is 13.7 Å². The number of ether oxygens (including phenoxy) is 1. The van der Waals surface area contributed by atoms with Crippen LogP contribution in [0.25, 0.3) is 10.8 Å². The Labute approximate surface area is 124 Å². The van der Waals surface area contributed by atoms with Gasteiger partial charge >= 0.3 is 0 Å². The molecule has 0 aliphatic rings. The first-order chi connectivity index (χ1) is 10.3. The number of hydrogen-bond donors (Lipinski definition) is 1. The van der Waals surface area contributed by atoms with Crippen LogP contribution < -0.4 is 10.1 Å². The van der Waals surface area contributed by atoms with Crippen molar-refractivity contribution in [2.45, 2.75) is 13.0 Å². The molecule has 0 aliphatic heterocycles. The highest BCUT2D eigenvalue weighted by molar-refractivity contribution is 5.84. The van der Waals surface area contributed by atoms with Crippen molar-refractivity contribution in [3.8, 4) is 5.75 Å². The molecule has 1 aromatic heterocycles. The molecule has 0 radical (unpaired) electrons. The van der Waals surface area contributed by atoms with Gasteiger partial charge in [0.25, 0.3) is 0 Å². The molecule has 0 saturated carbocycles. The predicted molar refractivity (Wildman–Crippen MR) is 84.7 cm³/mol. The monoisotopic (exact) mass is 281 g/mol. The van der Waals surface area contributed by atoms with E-state index < -0.39 is 0 Å². The number of benzene rings is 2. The molecule has 0 spiro atoms. The summed E-state index contributed by atoms with van der Waals surface area (Å²) in [5.74, 6) is 0.883. The molecule has 3 rings (SSSR count). The molecule has 108 valence electrons. The Morgan fingerprint density at radius 3 is 2.57 bits per heavy atom. The highest BCUT2D eigenvalue weighted by atomic mass is 16.5. The van der Waals surface area contributed by atoms with Crippen LogP contribution in [-0.2, 0) is 0 Å². The summed E-state index contributed by atoms with van der Waals surface area (Å²) in [7, 11) is 1.69. The minimum Gasteiger partial charge on any atom is -0.497 e. The van der Waals surface area contributed by atoms with Crippen LogP contribution in [0.3, 0.4) is 0 Å². The van der Waals surface area contributed by atoms with Gasteiger partial charge in [-0.25, -0.2) is 0 Å². The normalized spacial score (nSPS) is 12.5. The van der Waals surface area contributed by atoms with Crippen molar-refractivity contribution in [1.82, 2.24) is 5.32 Å². The second kappa shape index (κ2) is 6.02. The van der Waals surface area contributed by atoms with Crippen molar-refractivity contribution in [2.75, 3.05) is 13.7 Å². The molecule has 1 unspecified atom stereocenters. The first-order valence-corrected chi connectivity index (χ1v) is 7.15. The Morgan fingerprint density at radius 1 is 1.05 bits per heavy atom. The minimum absolute atomic E-state index is 0.153. The fourth-order valence-electron chi connectivity index (χ4n) is 2.62. The topological polar surface area (TPSA) is 34.4 Å². The van der Waals surface area contributed by atoms with Crippen LogP contribution >= 0.6 is 0 Å². The van der Waals surface area contributed by atoms with Crippen molar-refractivity contribution in [1.29, 1.82) is 0 Å². The van der Waals surface area contributed by atoms with Gasteiger partial charge in [0.2, 0.25) is 0 Å². The lowest BCUT2D eigenvalue weighted by atomic mass is 9.98. The lowest BCUT2D eigenvalue weighted by Gasteiger charge is -2.17. The molecular weight excluding hydrogens is 262 g/mol. The van der Waals surface area contributed by atoms with Crippen LogP contribution in [0.5, 0.6) is 5.75 Å². The third-order valence-electron chi connectivity index (χ3n) is 3.69. The molecule has 3 aromatic rings. The molecule has 1 heterocycles. The molecule has 3 nitrogen and oxygen atoms in total. The summed E-state index contributed by atoms with van der Waals surface area (Å²) < 4.78 is 10.5. The summed E-state index contributed by atoms with van der Waals surface area (Å²) >= 11 is 0. The molecule has 1 N–H and O–H groups in total. The Bertz CT molecular complexity index is 719. The molecule has 0 bridgehead atoms. The van der Waals surface area contributed by atoms with E-state index in [4.69, 9.17) is 9.15 Å². The van der Waals surface area contributed by atoms with Crippen LogP contribution in [0.2, 0.25) is 0 Å². The van der Waals surface area contributed by atoms with Crippen LogP contribution in [0.1, 0.15) is 24.1 Å². The Kier molecular flexibility index (Phi) is 3.93. The SMILES string of the molecule is CCNC(c1ccoc1)c1ccc2cc(OC)ccc2c1. The third-order valence-corrected chi connectivity index (χ3v) is 3.69. The van der Waals surface area contributed by atoms with Crippen molar-refractivity contribution in [3.63, 3.8) is 0 Å². The van der Waals surface area contributed by atoms with Crippen molar-refractivity contribution in [3.05, 3.63) is 66.1 Å². The van der Waals surface area contributed by atoms with Gasteiger partial charge in [-0.15, -0.1) is 0 Å². The first kappa shape index (κ1) is 13.7. The van der Waals surface area contributed by atoms with Gasteiger partial charge in [-0.3, -0.25) is 0 Å². The largest absolute Gasteiger partial charge is 0.497 e. The maximum atomic E-state index is 5.27. The highest BCUT2D eigenvalue weighted by Crippen LogP contribution is 2.27. The third kappa shape index (κ3) is 2.78. The van der Waals surface area contributed by atoms with E-state index in [1.807, 2.05) is 12.1 Å². The average molecular weight is 281 g/mol. The zero-order valence-electron chi connectivity index (χ0n) is 12.3. The van der Waals surface area contributed by atoms with Crippen LogP contribution in [0.15, 0.2) is 59.4 Å². The van der Waals surface area contributed by atoms with Gasteiger partial charge in [-0.05, 0) is 47.1 Å². The van der Waals surface area contributed by atoms with Gasteiger partial charge in [0.1, 0.15) is 5.75 Å². The fraction of sp³-hybridized carbons (Fsp3) is 0.222. The standard InChI is InChI=1S/C18H19NO2/c1-3-19-18(16-8-9-21-12-16)15-5-4-14-11-17(20-2)7-6-13(14)10-15/h4-12,18-19H,3H2,1-2H3. The number of hydrogen-bond acceptors (Lipinski definition) is 3. The number of nitrogens with one attached hydrogen (secondary N) is 1. The summed E-state index contributed by atoms with van der Waals surface area (Å²) in [6.45, 7) is 3.01. The number of methoxy groups -OCH3 is 1. The zero-order valence-corrected chi connectivity index (χ0v) is 12.3. The van der Waals surface area contributed by atoms with Crippen molar-refractivity contribution < 1.29 is 9.15 Å². The quantitative estimate of drug-likeness (QED) is 0.763. The number of rotatable bonds is 5. The predicted octanol–water partition coefficient (Wildman–Crippen LogP) is 4.14. The van der Waals surface area contributed by atoms with Gasteiger partial charge in [-0.2, -0.15) is 0 Å². The van der Waals surface area contributed by atoms with E-state index in [2.05, 4.69) is 42.6 Å². The molecule has 0 fully saturated rings. The van der Waals surface area contributed by atoms with Gasteiger partial charge in [0.15, 0.2) is 0 Å². The summed E-state index contributed by atoms with van der Waals surface area (Å²) in [6.07, 6.45) is 3.51. The number of furan rings is 1. The molecule has 3 heteroatoms. The maximum Gasteiger partial charge on any atom is 0.119 e. The lowest BCUT2D eigenvalue weighted by Crippen LogP contribution is -2.21. The van der Waals surface area contributed by atoms with Crippen molar-refractivity contribution in [2.24, 2.45) is 0 Å². The van der Waals surface area contributed by atoms with Crippen LogP contribution in [0.4, 0.5) is 0 Å². The lowest BCUT2D eigenvalue weighted by molar-refractivity contribution is 0.415. The van der Waals surface area contributed by atoms with Gasteiger partial charge in [0, 0.05) is 5.56 Å². The van der Waals surface area contributed by atoms with E-state index in [-0.39, 0.29) is 6.04 Å². The molecular formula is C18H19NO2. The molecule has 1 atom stereocenters.